The van der Waals surface area contributed by atoms with E-state index in [9.17, 15) is 9.59 Å². The van der Waals surface area contributed by atoms with E-state index in [1.165, 1.54) is 0 Å². The smallest absolute Gasteiger partial charge is 0.247 e. The summed E-state index contributed by atoms with van der Waals surface area (Å²) in [6, 6.07) is 14.1. The van der Waals surface area contributed by atoms with Crippen LogP contribution in [0.3, 0.4) is 0 Å². The Kier molecular flexibility index (Phi) is 7.28. The number of aromatic nitrogens is 1. The van der Waals surface area contributed by atoms with Crippen molar-refractivity contribution < 1.29 is 9.59 Å². The maximum Gasteiger partial charge on any atom is 0.247 e. The third-order valence-electron chi connectivity index (χ3n) is 5.33. The summed E-state index contributed by atoms with van der Waals surface area (Å²) in [5.41, 5.74) is 2.09. The molecule has 0 saturated heterocycles. The third kappa shape index (κ3) is 6.08. The van der Waals surface area contributed by atoms with Gasteiger partial charge in [0.2, 0.25) is 11.8 Å². The van der Waals surface area contributed by atoms with Crippen LogP contribution in [-0.2, 0) is 23.2 Å². The van der Waals surface area contributed by atoms with Gasteiger partial charge >= 0.3 is 0 Å². The van der Waals surface area contributed by atoms with E-state index in [4.69, 9.17) is 0 Å². The SMILES string of the molecule is CCCCN(CC(=O)N(Cc1cccn1C)C1CC1)C(=O)/C=C/c1ccccc1. The lowest BCUT2D eigenvalue weighted by molar-refractivity contribution is -0.139. The molecule has 0 bridgehead atoms. The molecule has 5 nitrogen and oxygen atoms in total. The molecule has 1 heterocycles. The van der Waals surface area contributed by atoms with Gasteiger partial charge in [0.25, 0.3) is 0 Å². The van der Waals surface area contributed by atoms with Gasteiger partial charge in [0.1, 0.15) is 6.54 Å². The van der Waals surface area contributed by atoms with Crippen molar-refractivity contribution in [3.05, 3.63) is 66.0 Å². The predicted molar refractivity (Wildman–Crippen MR) is 116 cm³/mol. The molecule has 154 valence electrons. The molecule has 1 saturated carbocycles. The first-order chi connectivity index (χ1) is 14.1. The molecule has 0 radical (unpaired) electrons. The number of aryl methyl sites for hydroxylation is 1. The highest BCUT2D eigenvalue weighted by Crippen LogP contribution is 2.28. The molecule has 5 heteroatoms. The van der Waals surface area contributed by atoms with Crippen molar-refractivity contribution in [3.63, 3.8) is 0 Å². The Morgan fingerprint density at radius 3 is 2.52 bits per heavy atom. The van der Waals surface area contributed by atoms with Crippen LogP contribution < -0.4 is 0 Å². The number of amides is 2. The summed E-state index contributed by atoms with van der Waals surface area (Å²) in [4.78, 5) is 29.5. The van der Waals surface area contributed by atoms with E-state index >= 15 is 0 Å². The molecular formula is C24H31N3O2. The van der Waals surface area contributed by atoms with E-state index < -0.39 is 0 Å². The Morgan fingerprint density at radius 2 is 1.90 bits per heavy atom. The largest absolute Gasteiger partial charge is 0.353 e. The second-order valence-corrected chi connectivity index (χ2v) is 7.72. The molecule has 3 rings (SSSR count). The molecule has 0 spiro atoms. The van der Waals surface area contributed by atoms with Crippen molar-refractivity contribution in [3.8, 4) is 0 Å². The molecule has 1 aromatic carbocycles. The molecule has 29 heavy (non-hydrogen) atoms. The van der Waals surface area contributed by atoms with Crippen molar-refractivity contribution in [2.45, 2.75) is 45.2 Å². The lowest BCUT2D eigenvalue weighted by atomic mass is 10.2. The first-order valence-corrected chi connectivity index (χ1v) is 10.5. The molecule has 1 aliphatic carbocycles. The number of hydrogen-bond acceptors (Lipinski definition) is 2. The van der Waals surface area contributed by atoms with Crippen LogP contribution in [0.15, 0.2) is 54.7 Å². The molecule has 2 aromatic rings. The Bertz CT molecular complexity index is 837. The molecule has 1 aliphatic rings. The Labute approximate surface area is 173 Å². The zero-order valence-electron chi connectivity index (χ0n) is 17.5. The normalized spacial score (nSPS) is 13.6. The summed E-state index contributed by atoms with van der Waals surface area (Å²) in [7, 11) is 2.00. The molecule has 0 N–H and O–H groups in total. The molecule has 1 fully saturated rings. The minimum Gasteiger partial charge on any atom is -0.353 e. The van der Waals surface area contributed by atoms with E-state index in [2.05, 4.69) is 6.92 Å². The lowest BCUT2D eigenvalue weighted by Gasteiger charge is -2.27. The van der Waals surface area contributed by atoms with Crippen molar-refractivity contribution in [1.82, 2.24) is 14.4 Å². The predicted octanol–water partition coefficient (Wildman–Crippen LogP) is 3.86. The van der Waals surface area contributed by atoms with Crippen LogP contribution in [0.2, 0.25) is 0 Å². The van der Waals surface area contributed by atoms with Crippen LogP contribution >= 0.6 is 0 Å². The Balaban J connectivity index is 1.67. The van der Waals surface area contributed by atoms with E-state index in [1.807, 2.05) is 71.3 Å². The molecule has 0 aliphatic heterocycles. The van der Waals surface area contributed by atoms with Gasteiger partial charge in [-0.05, 0) is 43.0 Å². The topological polar surface area (TPSA) is 45.6 Å². The summed E-state index contributed by atoms with van der Waals surface area (Å²) in [5.74, 6) is -0.0727. The number of carbonyl (C=O) groups is 2. The summed E-state index contributed by atoms with van der Waals surface area (Å²) in [6.07, 6.45) is 9.36. The van der Waals surface area contributed by atoms with Gasteiger partial charge in [-0.15, -0.1) is 0 Å². The van der Waals surface area contributed by atoms with Crippen molar-refractivity contribution in [1.29, 1.82) is 0 Å². The minimum absolute atomic E-state index is 0.0336. The fourth-order valence-electron chi connectivity index (χ4n) is 3.35. The number of carbonyl (C=O) groups excluding carboxylic acids is 2. The maximum atomic E-state index is 13.1. The van der Waals surface area contributed by atoms with Gasteiger partial charge in [0.15, 0.2) is 0 Å². The highest BCUT2D eigenvalue weighted by atomic mass is 16.2. The highest BCUT2D eigenvalue weighted by Gasteiger charge is 2.33. The van der Waals surface area contributed by atoms with Crippen LogP contribution in [0.1, 0.15) is 43.9 Å². The molecule has 1 aromatic heterocycles. The first kappa shape index (κ1) is 20.9. The average molecular weight is 394 g/mol. The quantitative estimate of drug-likeness (QED) is 0.576. The fraction of sp³-hybridized carbons (Fsp3) is 0.417. The van der Waals surface area contributed by atoms with Crippen LogP contribution in [0, 0.1) is 0 Å². The third-order valence-corrected chi connectivity index (χ3v) is 5.33. The molecule has 2 amide bonds. The second-order valence-electron chi connectivity index (χ2n) is 7.72. The lowest BCUT2D eigenvalue weighted by Crippen LogP contribution is -2.43. The number of hydrogen-bond donors (Lipinski definition) is 0. The number of nitrogens with zero attached hydrogens (tertiary/aromatic N) is 3. The van der Waals surface area contributed by atoms with Gasteiger partial charge in [0.05, 0.1) is 6.54 Å². The fourth-order valence-corrected chi connectivity index (χ4v) is 3.35. The van der Waals surface area contributed by atoms with E-state index in [1.54, 1.807) is 11.0 Å². The minimum atomic E-state index is -0.106. The molecule has 0 atom stereocenters. The Hall–Kier alpha value is -2.82. The van der Waals surface area contributed by atoms with Gasteiger partial charge in [-0.25, -0.2) is 0 Å². The van der Waals surface area contributed by atoms with Crippen molar-refractivity contribution >= 4 is 17.9 Å². The van der Waals surface area contributed by atoms with Gasteiger partial charge in [-0.2, -0.15) is 0 Å². The van der Waals surface area contributed by atoms with Crippen LogP contribution in [0.25, 0.3) is 6.08 Å². The summed E-state index contributed by atoms with van der Waals surface area (Å²) >= 11 is 0. The average Bonchev–Trinajstić information content (AvgIpc) is 3.49. The number of benzene rings is 1. The van der Waals surface area contributed by atoms with E-state index in [0.717, 1.165) is 36.9 Å². The summed E-state index contributed by atoms with van der Waals surface area (Å²) < 4.78 is 2.05. The maximum absolute atomic E-state index is 13.1. The second kappa shape index (κ2) is 10.1. The zero-order valence-corrected chi connectivity index (χ0v) is 17.5. The summed E-state index contributed by atoms with van der Waals surface area (Å²) in [5, 5.41) is 0. The van der Waals surface area contributed by atoms with Gasteiger partial charge in [-0.3, -0.25) is 9.59 Å². The number of unbranched alkanes of at least 4 members (excludes halogenated alkanes) is 1. The Morgan fingerprint density at radius 1 is 1.14 bits per heavy atom. The van der Waals surface area contributed by atoms with E-state index in [-0.39, 0.29) is 18.4 Å². The standard InChI is InChI=1S/C24H31N3O2/c1-3-4-17-26(23(28)15-12-20-9-6-5-7-10-20)19-24(29)27(21-13-14-21)18-22-11-8-16-25(22)2/h5-12,15-16,21H,3-4,13-14,17-19H2,1-2H3/b15-12+. The monoisotopic (exact) mass is 393 g/mol. The highest BCUT2D eigenvalue weighted by molar-refractivity contribution is 5.94. The summed E-state index contributed by atoms with van der Waals surface area (Å²) in [6.45, 7) is 3.43. The van der Waals surface area contributed by atoms with Gasteiger partial charge < -0.3 is 14.4 Å². The zero-order chi connectivity index (χ0) is 20.6. The molecular weight excluding hydrogens is 362 g/mol. The van der Waals surface area contributed by atoms with Gasteiger partial charge in [0, 0.05) is 37.6 Å². The van der Waals surface area contributed by atoms with Crippen LogP contribution in [0.5, 0.6) is 0 Å². The van der Waals surface area contributed by atoms with Gasteiger partial charge in [-0.1, -0.05) is 43.7 Å². The van der Waals surface area contributed by atoms with E-state index in [0.29, 0.717) is 19.1 Å². The van der Waals surface area contributed by atoms with Crippen LogP contribution in [0.4, 0.5) is 0 Å². The number of rotatable bonds is 10. The molecule has 0 unspecified atom stereocenters. The van der Waals surface area contributed by atoms with Crippen molar-refractivity contribution in [2.24, 2.45) is 7.05 Å². The first-order valence-electron chi connectivity index (χ1n) is 10.5. The van der Waals surface area contributed by atoms with Crippen LogP contribution in [-0.4, -0.2) is 45.3 Å². The van der Waals surface area contributed by atoms with Crippen molar-refractivity contribution in [2.75, 3.05) is 13.1 Å².